The summed E-state index contributed by atoms with van der Waals surface area (Å²) in [6.07, 6.45) is -0.0845. The van der Waals surface area contributed by atoms with Crippen molar-refractivity contribution in [1.82, 2.24) is 5.32 Å². The summed E-state index contributed by atoms with van der Waals surface area (Å²) in [4.78, 5) is 22.6. The molecule has 0 unspecified atom stereocenters. The largest absolute Gasteiger partial charge is 0.480 e. The first kappa shape index (κ1) is 14.8. The first-order valence-corrected chi connectivity index (χ1v) is 6.13. The number of benzene rings is 1. The maximum atomic E-state index is 12.9. The van der Waals surface area contributed by atoms with E-state index < -0.39 is 23.7 Å². The SMILES string of the molecule is O=C(N[C@H](CCO)C(=O)O)c1ccc(F)cc1I. The van der Waals surface area contributed by atoms with Gasteiger partial charge in [-0.1, -0.05) is 0 Å². The number of aliphatic hydroxyl groups excluding tert-OH is 1. The van der Waals surface area contributed by atoms with E-state index in [1.807, 2.05) is 0 Å². The molecule has 0 aliphatic heterocycles. The minimum Gasteiger partial charge on any atom is -0.480 e. The lowest BCUT2D eigenvalue weighted by atomic mass is 10.1. The Morgan fingerprint density at radius 3 is 2.61 bits per heavy atom. The fourth-order valence-corrected chi connectivity index (χ4v) is 2.02. The predicted molar refractivity (Wildman–Crippen MR) is 69.7 cm³/mol. The summed E-state index contributed by atoms with van der Waals surface area (Å²) in [5, 5.41) is 19.8. The molecule has 1 aromatic rings. The standard InChI is InChI=1S/C11H11FINO4/c12-6-1-2-7(8(13)5-6)10(16)14-9(3-4-15)11(17)18/h1-2,5,9,15H,3-4H2,(H,14,16)(H,17,18)/t9-/m1/s1. The fourth-order valence-electron chi connectivity index (χ4n) is 1.30. The minimum atomic E-state index is -1.23. The highest BCUT2D eigenvalue weighted by molar-refractivity contribution is 14.1. The van der Waals surface area contributed by atoms with Crippen molar-refractivity contribution in [1.29, 1.82) is 0 Å². The van der Waals surface area contributed by atoms with Gasteiger partial charge >= 0.3 is 5.97 Å². The van der Waals surface area contributed by atoms with E-state index in [0.717, 1.165) is 6.07 Å². The molecule has 0 heterocycles. The molecule has 1 amide bonds. The second-order valence-corrected chi connectivity index (χ2v) is 4.66. The van der Waals surface area contributed by atoms with Gasteiger partial charge in [0, 0.05) is 16.6 Å². The van der Waals surface area contributed by atoms with Gasteiger partial charge in [0.2, 0.25) is 0 Å². The van der Waals surface area contributed by atoms with Crippen LogP contribution in [0.25, 0.3) is 0 Å². The molecule has 0 saturated heterocycles. The number of carboxylic acid groups (broad SMARTS) is 1. The molecular formula is C11H11FINO4. The van der Waals surface area contributed by atoms with Crippen molar-refractivity contribution in [3.05, 3.63) is 33.1 Å². The number of amides is 1. The molecule has 0 fully saturated rings. The summed E-state index contributed by atoms with van der Waals surface area (Å²) in [5.41, 5.74) is 0.196. The molecule has 7 heteroatoms. The molecule has 5 nitrogen and oxygen atoms in total. The summed E-state index contributed by atoms with van der Waals surface area (Å²) in [6.45, 7) is -0.349. The van der Waals surface area contributed by atoms with E-state index in [4.69, 9.17) is 10.2 Å². The summed E-state index contributed by atoms with van der Waals surface area (Å²) >= 11 is 1.79. The number of aliphatic carboxylic acids is 1. The Labute approximate surface area is 116 Å². The number of nitrogens with one attached hydrogen (secondary N) is 1. The molecule has 98 valence electrons. The number of carboxylic acids is 1. The van der Waals surface area contributed by atoms with Gasteiger partial charge in [-0.05, 0) is 40.8 Å². The highest BCUT2D eigenvalue weighted by atomic mass is 127. The van der Waals surface area contributed by atoms with Crippen LogP contribution < -0.4 is 5.32 Å². The summed E-state index contributed by atoms with van der Waals surface area (Å²) in [6, 6.07) is 2.42. The Balaban J connectivity index is 2.83. The smallest absolute Gasteiger partial charge is 0.326 e. The van der Waals surface area contributed by atoms with Crippen molar-refractivity contribution >= 4 is 34.5 Å². The molecule has 0 radical (unpaired) electrons. The van der Waals surface area contributed by atoms with E-state index in [-0.39, 0.29) is 18.6 Å². The van der Waals surface area contributed by atoms with Gasteiger partial charge in [-0.15, -0.1) is 0 Å². The quantitative estimate of drug-likeness (QED) is 0.678. The van der Waals surface area contributed by atoms with Gasteiger partial charge in [-0.2, -0.15) is 0 Å². The lowest BCUT2D eigenvalue weighted by Gasteiger charge is -2.13. The molecule has 1 atom stereocenters. The minimum absolute atomic E-state index is 0.0845. The number of carbonyl (C=O) groups is 2. The maximum Gasteiger partial charge on any atom is 0.326 e. The van der Waals surface area contributed by atoms with Gasteiger partial charge in [0.1, 0.15) is 11.9 Å². The molecule has 3 N–H and O–H groups in total. The second-order valence-electron chi connectivity index (χ2n) is 3.50. The molecule has 0 saturated carbocycles. The fraction of sp³-hybridized carbons (Fsp3) is 0.273. The Morgan fingerprint density at radius 1 is 1.44 bits per heavy atom. The summed E-state index contributed by atoms with van der Waals surface area (Å²) in [7, 11) is 0. The lowest BCUT2D eigenvalue weighted by Crippen LogP contribution is -2.41. The molecule has 0 aliphatic rings. The van der Waals surface area contributed by atoms with Gasteiger partial charge in [0.25, 0.3) is 5.91 Å². The topological polar surface area (TPSA) is 86.6 Å². The van der Waals surface area contributed by atoms with E-state index in [1.54, 1.807) is 22.6 Å². The number of rotatable bonds is 5. The predicted octanol–water partition coefficient (Wildman–Crippen LogP) is 0.996. The molecule has 0 aliphatic carbocycles. The molecule has 18 heavy (non-hydrogen) atoms. The maximum absolute atomic E-state index is 12.9. The highest BCUT2D eigenvalue weighted by Crippen LogP contribution is 2.14. The second kappa shape index (κ2) is 6.64. The third-order valence-electron chi connectivity index (χ3n) is 2.20. The van der Waals surface area contributed by atoms with Crippen molar-refractivity contribution in [2.75, 3.05) is 6.61 Å². The van der Waals surface area contributed by atoms with Crippen LogP contribution in [0.2, 0.25) is 0 Å². The number of carbonyl (C=O) groups excluding carboxylic acids is 1. The number of aliphatic hydroxyl groups is 1. The van der Waals surface area contributed by atoms with Crippen LogP contribution in [0.3, 0.4) is 0 Å². The van der Waals surface area contributed by atoms with Crippen LogP contribution in [0, 0.1) is 9.39 Å². The van der Waals surface area contributed by atoms with Gasteiger partial charge in [-0.25, -0.2) is 9.18 Å². The van der Waals surface area contributed by atoms with Gasteiger partial charge in [0.15, 0.2) is 0 Å². The zero-order valence-electron chi connectivity index (χ0n) is 9.19. The number of hydrogen-bond acceptors (Lipinski definition) is 3. The Morgan fingerprint density at radius 2 is 2.11 bits per heavy atom. The Bertz CT molecular complexity index is 466. The van der Waals surface area contributed by atoms with E-state index in [9.17, 15) is 14.0 Å². The van der Waals surface area contributed by atoms with Crippen molar-refractivity contribution < 1.29 is 24.2 Å². The van der Waals surface area contributed by atoms with Gasteiger partial charge in [0.05, 0.1) is 5.56 Å². The van der Waals surface area contributed by atoms with Crippen LogP contribution in [0.4, 0.5) is 4.39 Å². The van der Waals surface area contributed by atoms with Crippen LogP contribution in [0.1, 0.15) is 16.8 Å². The van der Waals surface area contributed by atoms with Crippen LogP contribution >= 0.6 is 22.6 Å². The zero-order chi connectivity index (χ0) is 13.7. The van der Waals surface area contributed by atoms with Crippen LogP contribution in [0.5, 0.6) is 0 Å². The van der Waals surface area contributed by atoms with E-state index in [2.05, 4.69) is 5.32 Å². The monoisotopic (exact) mass is 367 g/mol. The van der Waals surface area contributed by atoms with Crippen LogP contribution in [-0.4, -0.2) is 34.7 Å². The molecule has 0 aromatic heterocycles. The van der Waals surface area contributed by atoms with E-state index in [0.29, 0.717) is 3.57 Å². The normalized spacial score (nSPS) is 11.9. The van der Waals surface area contributed by atoms with Crippen LogP contribution in [-0.2, 0) is 4.79 Å². The third-order valence-corrected chi connectivity index (χ3v) is 3.09. The Kier molecular flexibility index (Phi) is 5.48. The summed E-state index contributed by atoms with van der Waals surface area (Å²) in [5.74, 6) is -2.31. The van der Waals surface area contributed by atoms with E-state index >= 15 is 0 Å². The molecular weight excluding hydrogens is 356 g/mol. The van der Waals surface area contributed by atoms with Crippen molar-refractivity contribution in [2.24, 2.45) is 0 Å². The molecule has 0 bridgehead atoms. The van der Waals surface area contributed by atoms with Crippen molar-refractivity contribution in [3.8, 4) is 0 Å². The number of halogens is 2. The first-order chi connectivity index (χ1) is 8.45. The number of hydrogen-bond donors (Lipinski definition) is 3. The average Bonchev–Trinajstić information content (AvgIpc) is 2.27. The first-order valence-electron chi connectivity index (χ1n) is 5.05. The lowest BCUT2D eigenvalue weighted by molar-refractivity contribution is -0.139. The van der Waals surface area contributed by atoms with Gasteiger partial charge in [-0.3, -0.25) is 4.79 Å². The Hall–Kier alpha value is -1.22. The highest BCUT2D eigenvalue weighted by Gasteiger charge is 2.21. The molecule has 1 rings (SSSR count). The molecule has 0 spiro atoms. The summed E-state index contributed by atoms with van der Waals surface area (Å²) < 4.78 is 13.2. The van der Waals surface area contributed by atoms with Gasteiger partial charge < -0.3 is 15.5 Å². The van der Waals surface area contributed by atoms with Crippen molar-refractivity contribution in [2.45, 2.75) is 12.5 Å². The third kappa shape index (κ3) is 3.91. The van der Waals surface area contributed by atoms with E-state index in [1.165, 1.54) is 12.1 Å². The van der Waals surface area contributed by atoms with Crippen LogP contribution in [0.15, 0.2) is 18.2 Å². The zero-order valence-corrected chi connectivity index (χ0v) is 11.3. The molecule has 1 aromatic carbocycles. The average molecular weight is 367 g/mol. The van der Waals surface area contributed by atoms with Crippen molar-refractivity contribution in [3.63, 3.8) is 0 Å².